The minimum absolute atomic E-state index is 0.0489. The summed E-state index contributed by atoms with van der Waals surface area (Å²) >= 11 is 0. The second-order valence-electron chi connectivity index (χ2n) is 5.75. The summed E-state index contributed by atoms with van der Waals surface area (Å²) in [4.78, 5) is 25.3. The van der Waals surface area contributed by atoms with E-state index in [2.05, 4.69) is 19.1 Å². The molecule has 0 N–H and O–H groups in total. The predicted octanol–water partition coefficient (Wildman–Crippen LogP) is 4.41. The van der Waals surface area contributed by atoms with Crippen LogP contribution in [0.5, 0.6) is 0 Å². The zero-order valence-corrected chi connectivity index (χ0v) is 14.7. The average molecular weight is 323 g/mol. The Morgan fingerprint density at radius 3 is 2.29 bits per heavy atom. The van der Waals surface area contributed by atoms with Crippen LogP contribution in [-0.4, -0.2) is 23.6 Å². The molecule has 0 saturated carbocycles. The van der Waals surface area contributed by atoms with Gasteiger partial charge in [-0.25, -0.2) is 0 Å². The smallest absolute Gasteiger partial charge is 0.255 e. The van der Waals surface area contributed by atoms with Gasteiger partial charge in [-0.05, 0) is 30.5 Å². The molecule has 3 nitrogen and oxygen atoms in total. The van der Waals surface area contributed by atoms with E-state index in [0.717, 1.165) is 23.0 Å². The molecule has 0 spiro atoms. The van der Waals surface area contributed by atoms with Crippen molar-refractivity contribution in [3.63, 3.8) is 0 Å². The van der Waals surface area contributed by atoms with Crippen molar-refractivity contribution in [3.8, 4) is 0 Å². The van der Waals surface area contributed by atoms with E-state index in [1.54, 1.807) is 0 Å². The van der Waals surface area contributed by atoms with Gasteiger partial charge in [0.25, 0.3) is 5.91 Å². The number of nitrogens with zero attached hydrogens (tertiary/aromatic N) is 1. The van der Waals surface area contributed by atoms with Gasteiger partial charge in [0.2, 0.25) is 0 Å². The Labute approximate surface area is 144 Å². The van der Waals surface area contributed by atoms with Crippen molar-refractivity contribution in [1.82, 2.24) is 4.90 Å². The summed E-state index contributed by atoms with van der Waals surface area (Å²) < 4.78 is 0. The van der Waals surface area contributed by atoms with Gasteiger partial charge in [0.05, 0.1) is 5.54 Å². The van der Waals surface area contributed by atoms with Gasteiger partial charge in [-0.15, -0.1) is 0 Å². The molecule has 0 aliphatic carbocycles. The Balaban J connectivity index is 0.00000100. The lowest BCUT2D eigenvalue weighted by molar-refractivity contribution is -0.108. The van der Waals surface area contributed by atoms with Crippen LogP contribution in [-0.2, 0) is 10.3 Å². The minimum atomic E-state index is -0.474. The molecule has 0 fully saturated rings. The van der Waals surface area contributed by atoms with E-state index >= 15 is 0 Å². The van der Waals surface area contributed by atoms with E-state index in [4.69, 9.17) is 0 Å². The zero-order valence-electron chi connectivity index (χ0n) is 14.7. The maximum atomic E-state index is 12.8. The topological polar surface area (TPSA) is 37.4 Å². The predicted molar refractivity (Wildman–Crippen MR) is 97.0 cm³/mol. The van der Waals surface area contributed by atoms with Crippen LogP contribution in [0, 0.1) is 0 Å². The summed E-state index contributed by atoms with van der Waals surface area (Å²) in [6.07, 6.45) is 2.07. The highest BCUT2D eigenvalue weighted by molar-refractivity contribution is 6.00. The molecule has 3 rings (SSSR count). The Hall–Kier alpha value is -2.42. The molecule has 0 bridgehead atoms. The third kappa shape index (κ3) is 2.99. The van der Waals surface area contributed by atoms with E-state index in [1.165, 1.54) is 0 Å². The van der Waals surface area contributed by atoms with Crippen LogP contribution in [0.25, 0.3) is 0 Å². The normalized spacial score (nSPS) is 18.6. The van der Waals surface area contributed by atoms with E-state index in [9.17, 15) is 9.59 Å². The number of carbonyl (C=O) groups excluding carboxylic acids is 2. The van der Waals surface area contributed by atoms with Gasteiger partial charge in [0.1, 0.15) is 6.29 Å². The first-order valence-electron chi connectivity index (χ1n) is 8.60. The van der Waals surface area contributed by atoms with Crippen LogP contribution < -0.4 is 0 Å². The Bertz CT molecular complexity index is 696. The highest BCUT2D eigenvalue weighted by Crippen LogP contribution is 2.43. The second kappa shape index (κ2) is 7.91. The quantitative estimate of drug-likeness (QED) is 0.604. The molecule has 0 saturated heterocycles. The molecule has 1 aliphatic rings. The number of aldehydes is 1. The molecule has 1 amide bonds. The molecule has 1 heterocycles. The molecule has 2 aromatic carbocycles. The Kier molecular flexibility index (Phi) is 5.91. The summed E-state index contributed by atoms with van der Waals surface area (Å²) in [5.41, 5.74) is 2.43. The fourth-order valence-electron chi connectivity index (χ4n) is 3.32. The SMILES string of the molecule is CC.CC1(c2ccccc2)c2ccccc2C(=O)N1CCCC=O. The van der Waals surface area contributed by atoms with Crippen LogP contribution in [0.15, 0.2) is 54.6 Å². The van der Waals surface area contributed by atoms with Crippen molar-refractivity contribution in [2.45, 2.75) is 39.2 Å². The fraction of sp³-hybridized carbons (Fsp3) is 0.333. The monoisotopic (exact) mass is 323 g/mol. The van der Waals surface area contributed by atoms with Crippen molar-refractivity contribution >= 4 is 12.2 Å². The zero-order chi connectivity index (χ0) is 17.6. The molecule has 3 heteroatoms. The molecule has 1 atom stereocenters. The molecule has 1 aliphatic heterocycles. The van der Waals surface area contributed by atoms with Crippen molar-refractivity contribution < 1.29 is 9.59 Å². The second-order valence-corrected chi connectivity index (χ2v) is 5.75. The number of hydrogen-bond acceptors (Lipinski definition) is 2. The van der Waals surface area contributed by atoms with Crippen molar-refractivity contribution in [2.24, 2.45) is 0 Å². The van der Waals surface area contributed by atoms with Crippen LogP contribution in [0.4, 0.5) is 0 Å². The Morgan fingerprint density at radius 1 is 1.00 bits per heavy atom. The maximum Gasteiger partial charge on any atom is 0.255 e. The number of fused-ring (bicyclic) bond motifs is 1. The van der Waals surface area contributed by atoms with Crippen molar-refractivity contribution in [1.29, 1.82) is 0 Å². The molecule has 24 heavy (non-hydrogen) atoms. The Morgan fingerprint density at radius 2 is 1.62 bits per heavy atom. The van der Waals surface area contributed by atoms with Crippen LogP contribution >= 0.6 is 0 Å². The molecule has 126 valence electrons. The minimum Gasteiger partial charge on any atom is -0.325 e. The first kappa shape index (κ1) is 17.9. The summed E-state index contributed by atoms with van der Waals surface area (Å²) in [6.45, 7) is 6.67. The average Bonchev–Trinajstić information content (AvgIpc) is 2.87. The van der Waals surface area contributed by atoms with Gasteiger partial charge in [-0.2, -0.15) is 0 Å². The summed E-state index contributed by atoms with van der Waals surface area (Å²) in [7, 11) is 0. The lowest BCUT2D eigenvalue weighted by atomic mass is 9.84. The lowest BCUT2D eigenvalue weighted by Crippen LogP contribution is -2.43. The largest absolute Gasteiger partial charge is 0.325 e. The third-order valence-electron chi connectivity index (χ3n) is 4.51. The van der Waals surface area contributed by atoms with Crippen molar-refractivity contribution in [3.05, 3.63) is 71.3 Å². The molecule has 0 aromatic heterocycles. The molecular formula is C21H25NO2. The lowest BCUT2D eigenvalue weighted by Gasteiger charge is -2.36. The standard InChI is InChI=1S/C19H19NO2.C2H6/c1-19(15-9-3-2-4-10-15)17-12-6-5-11-16(17)18(22)20(19)13-7-8-14-21;1-2/h2-6,9-12,14H,7-8,13H2,1H3;1-2H3. The molecule has 2 aromatic rings. The maximum absolute atomic E-state index is 12.8. The van der Waals surface area contributed by atoms with E-state index < -0.39 is 5.54 Å². The van der Waals surface area contributed by atoms with Crippen LogP contribution in [0.2, 0.25) is 0 Å². The number of amides is 1. The highest BCUT2D eigenvalue weighted by atomic mass is 16.2. The summed E-state index contributed by atoms with van der Waals surface area (Å²) in [6, 6.07) is 17.9. The molecule has 1 unspecified atom stereocenters. The summed E-state index contributed by atoms with van der Waals surface area (Å²) in [5, 5.41) is 0. The first-order valence-corrected chi connectivity index (χ1v) is 8.60. The van der Waals surface area contributed by atoms with Crippen molar-refractivity contribution in [2.75, 3.05) is 6.54 Å². The number of hydrogen-bond donors (Lipinski definition) is 0. The van der Waals surface area contributed by atoms with E-state index in [1.807, 2.05) is 61.2 Å². The van der Waals surface area contributed by atoms with Crippen LogP contribution in [0.1, 0.15) is 55.1 Å². The number of rotatable bonds is 5. The third-order valence-corrected chi connectivity index (χ3v) is 4.51. The van der Waals surface area contributed by atoms with Gasteiger partial charge >= 0.3 is 0 Å². The van der Waals surface area contributed by atoms with E-state index in [0.29, 0.717) is 19.4 Å². The fourth-order valence-corrected chi connectivity index (χ4v) is 3.32. The van der Waals surface area contributed by atoms with Gasteiger partial charge < -0.3 is 9.69 Å². The highest BCUT2D eigenvalue weighted by Gasteiger charge is 2.46. The van der Waals surface area contributed by atoms with E-state index in [-0.39, 0.29) is 5.91 Å². The van der Waals surface area contributed by atoms with Gasteiger partial charge in [-0.3, -0.25) is 4.79 Å². The van der Waals surface area contributed by atoms with Gasteiger partial charge in [-0.1, -0.05) is 62.4 Å². The molecule has 0 radical (unpaired) electrons. The van der Waals surface area contributed by atoms with Crippen LogP contribution in [0.3, 0.4) is 0 Å². The van der Waals surface area contributed by atoms with Gasteiger partial charge in [0.15, 0.2) is 0 Å². The first-order chi connectivity index (χ1) is 11.7. The number of benzene rings is 2. The van der Waals surface area contributed by atoms with Gasteiger partial charge in [0, 0.05) is 18.5 Å². The molecular weight excluding hydrogens is 298 g/mol. The number of carbonyl (C=O) groups is 2. The summed E-state index contributed by atoms with van der Waals surface area (Å²) in [5.74, 6) is 0.0489. The number of unbranched alkanes of at least 4 members (excludes halogenated alkanes) is 1.